The summed E-state index contributed by atoms with van der Waals surface area (Å²) in [5, 5.41) is 2.21. The molecule has 0 spiro atoms. The molecule has 12 heteroatoms. The molecule has 2 heterocycles. The molecule has 5 rings (SSSR count). The van der Waals surface area contributed by atoms with Crippen LogP contribution >= 0.6 is 35.0 Å². The van der Waals surface area contributed by atoms with E-state index in [4.69, 9.17) is 23.2 Å². The summed E-state index contributed by atoms with van der Waals surface area (Å²) < 4.78 is 29.2. The fraction of sp³-hybridized carbons (Fsp3) is 0.148. The highest BCUT2D eigenvalue weighted by Crippen LogP contribution is 2.44. The average Bonchev–Trinajstić information content (AvgIpc) is 3.35. The Bertz CT molecular complexity index is 1690. The molecule has 3 aromatic carbocycles. The number of imide groups is 1. The Morgan fingerprint density at radius 2 is 1.67 bits per heavy atom. The maximum Gasteiger partial charge on any atom is 0.290 e. The van der Waals surface area contributed by atoms with Crippen molar-refractivity contribution < 1.29 is 22.8 Å². The molecular formula is C27H21Cl2N3O5S2. The van der Waals surface area contributed by atoms with Crippen LogP contribution in [0.4, 0.5) is 16.2 Å². The number of benzene rings is 3. The predicted octanol–water partition coefficient (Wildman–Crippen LogP) is 6.16. The average molecular weight is 603 g/mol. The summed E-state index contributed by atoms with van der Waals surface area (Å²) in [6.45, 7) is 4.16. The first-order valence-electron chi connectivity index (χ1n) is 11.7. The number of fused-ring (bicyclic) bond motifs is 1. The van der Waals surface area contributed by atoms with Crippen molar-refractivity contribution in [3.8, 4) is 0 Å². The zero-order valence-corrected chi connectivity index (χ0v) is 23.8. The Kier molecular flexibility index (Phi) is 7.23. The third kappa shape index (κ3) is 5.29. The van der Waals surface area contributed by atoms with E-state index < -0.39 is 27.1 Å². The number of nitrogens with one attached hydrogen (secondary N) is 2. The molecular weight excluding hydrogens is 581 g/mol. The number of nitrogens with zero attached hydrogens (tertiary/aromatic N) is 1. The topological polar surface area (TPSA) is 113 Å². The first-order chi connectivity index (χ1) is 18.4. The molecule has 39 heavy (non-hydrogen) atoms. The van der Waals surface area contributed by atoms with E-state index in [9.17, 15) is 22.8 Å². The second-order valence-corrected chi connectivity index (χ2v) is 12.7. The van der Waals surface area contributed by atoms with Gasteiger partial charge in [0.1, 0.15) is 0 Å². The van der Waals surface area contributed by atoms with Crippen molar-refractivity contribution in [3.05, 3.63) is 92.3 Å². The van der Waals surface area contributed by atoms with E-state index in [1.54, 1.807) is 30.3 Å². The molecule has 1 saturated heterocycles. The number of hydrogen-bond donors (Lipinski definition) is 2. The van der Waals surface area contributed by atoms with Crippen molar-refractivity contribution in [1.82, 2.24) is 5.32 Å². The van der Waals surface area contributed by atoms with E-state index in [0.29, 0.717) is 44.7 Å². The standard InChI is InChI=1S/C27H21Cl2N3O5S2/c1-14(2)16-4-6-17(7-5-16)31-39(36,37)18-8-10-22-19(12-18)23(24-25(33)30-27(35)38-24)26(34)32(22)13-15-3-9-20(28)21(29)11-15/h3-12,14,31H,13H2,1-2H3,(H,30,33,35). The first-order valence-corrected chi connectivity index (χ1v) is 14.8. The van der Waals surface area contributed by atoms with E-state index in [0.717, 1.165) is 5.56 Å². The number of thioether (sulfide) groups is 1. The van der Waals surface area contributed by atoms with Crippen LogP contribution in [0.25, 0.3) is 5.57 Å². The highest BCUT2D eigenvalue weighted by atomic mass is 35.5. The molecule has 2 N–H and O–H groups in total. The Labute approximate surface area is 239 Å². The fourth-order valence-electron chi connectivity index (χ4n) is 4.30. The molecule has 0 unspecified atom stereocenters. The van der Waals surface area contributed by atoms with Gasteiger partial charge in [0, 0.05) is 11.3 Å². The summed E-state index contributed by atoms with van der Waals surface area (Å²) >= 11 is 12.8. The van der Waals surface area contributed by atoms with Crippen molar-refractivity contribution in [2.24, 2.45) is 0 Å². The zero-order chi connectivity index (χ0) is 28.1. The van der Waals surface area contributed by atoms with Crippen molar-refractivity contribution in [3.63, 3.8) is 0 Å². The normalized spacial score (nSPS) is 17.2. The summed E-state index contributed by atoms with van der Waals surface area (Å²) in [5.74, 6) is -0.969. The van der Waals surface area contributed by atoms with Gasteiger partial charge in [-0.2, -0.15) is 0 Å². The molecule has 3 aromatic rings. The SMILES string of the molecule is CC(C)c1ccc(NS(=O)(=O)c2ccc3c(c2)C(=C2SC(=O)NC2=O)C(=O)N3Cc2ccc(Cl)c(Cl)c2)cc1. The number of amides is 3. The van der Waals surface area contributed by atoms with Gasteiger partial charge >= 0.3 is 0 Å². The molecule has 2 aliphatic rings. The third-order valence-corrected chi connectivity index (χ3v) is 9.29. The molecule has 2 aliphatic heterocycles. The lowest BCUT2D eigenvalue weighted by molar-refractivity contribution is -0.116. The lowest BCUT2D eigenvalue weighted by Gasteiger charge is -2.18. The van der Waals surface area contributed by atoms with Gasteiger partial charge in [-0.1, -0.05) is 55.2 Å². The van der Waals surface area contributed by atoms with E-state index in [-0.39, 0.29) is 27.5 Å². The van der Waals surface area contributed by atoms with Crippen molar-refractivity contribution in [2.45, 2.75) is 31.2 Å². The summed E-state index contributed by atoms with van der Waals surface area (Å²) in [4.78, 5) is 39.3. The molecule has 200 valence electrons. The van der Waals surface area contributed by atoms with Crippen LogP contribution in [0.3, 0.4) is 0 Å². The Morgan fingerprint density at radius 3 is 2.28 bits per heavy atom. The molecule has 8 nitrogen and oxygen atoms in total. The van der Waals surface area contributed by atoms with Crippen LogP contribution in [-0.2, 0) is 26.2 Å². The zero-order valence-electron chi connectivity index (χ0n) is 20.6. The van der Waals surface area contributed by atoms with Crippen LogP contribution in [-0.4, -0.2) is 25.5 Å². The Hall–Kier alpha value is -3.31. The van der Waals surface area contributed by atoms with Gasteiger partial charge in [-0.25, -0.2) is 8.42 Å². The fourth-order valence-corrected chi connectivity index (χ4v) is 6.48. The second-order valence-electron chi connectivity index (χ2n) is 9.25. The van der Waals surface area contributed by atoms with Crippen molar-refractivity contribution in [2.75, 3.05) is 9.62 Å². The van der Waals surface area contributed by atoms with E-state index in [1.807, 2.05) is 26.0 Å². The van der Waals surface area contributed by atoms with Crippen LogP contribution in [0.2, 0.25) is 10.0 Å². The van der Waals surface area contributed by atoms with Crippen LogP contribution in [0.5, 0.6) is 0 Å². The molecule has 3 amide bonds. The maximum absolute atomic E-state index is 13.6. The van der Waals surface area contributed by atoms with Crippen LogP contribution in [0.15, 0.2) is 70.5 Å². The number of halogens is 2. The van der Waals surface area contributed by atoms with E-state index in [1.165, 1.54) is 23.1 Å². The summed E-state index contributed by atoms with van der Waals surface area (Å²) in [6.07, 6.45) is 0. The number of anilines is 2. The molecule has 0 bridgehead atoms. The van der Waals surface area contributed by atoms with Gasteiger partial charge in [-0.3, -0.25) is 24.4 Å². The Morgan fingerprint density at radius 1 is 0.949 bits per heavy atom. The molecule has 0 aromatic heterocycles. The third-order valence-electron chi connectivity index (χ3n) is 6.30. The summed E-state index contributed by atoms with van der Waals surface area (Å²) in [7, 11) is -4.05. The molecule has 0 atom stereocenters. The largest absolute Gasteiger partial charge is 0.303 e. The van der Waals surface area contributed by atoms with Crippen LogP contribution in [0.1, 0.15) is 36.5 Å². The first kappa shape index (κ1) is 27.3. The predicted molar refractivity (Wildman–Crippen MR) is 153 cm³/mol. The van der Waals surface area contributed by atoms with Crippen LogP contribution < -0.4 is 14.9 Å². The van der Waals surface area contributed by atoms with Gasteiger partial charge in [-0.05, 0) is 71.3 Å². The highest BCUT2D eigenvalue weighted by molar-refractivity contribution is 8.18. The van der Waals surface area contributed by atoms with Gasteiger partial charge in [0.2, 0.25) is 0 Å². The van der Waals surface area contributed by atoms with Crippen molar-refractivity contribution in [1.29, 1.82) is 0 Å². The van der Waals surface area contributed by atoms with E-state index >= 15 is 0 Å². The molecule has 0 aliphatic carbocycles. The minimum atomic E-state index is -4.05. The van der Waals surface area contributed by atoms with Gasteiger partial charge in [0.25, 0.3) is 27.1 Å². The highest BCUT2D eigenvalue weighted by Gasteiger charge is 2.40. The van der Waals surface area contributed by atoms with Gasteiger partial charge < -0.3 is 4.90 Å². The van der Waals surface area contributed by atoms with Gasteiger partial charge in [-0.15, -0.1) is 0 Å². The monoisotopic (exact) mass is 601 g/mol. The quantitative estimate of drug-likeness (QED) is 0.327. The lowest BCUT2D eigenvalue weighted by Crippen LogP contribution is -2.26. The smallest absolute Gasteiger partial charge is 0.290 e. The van der Waals surface area contributed by atoms with Crippen molar-refractivity contribution >= 4 is 79.0 Å². The van der Waals surface area contributed by atoms with Crippen LogP contribution in [0, 0.1) is 0 Å². The number of carbonyl (C=O) groups is 3. The molecule has 1 fully saturated rings. The summed E-state index contributed by atoms with van der Waals surface area (Å²) in [6, 6.07) is 16.2. The minimum Gasteiger partial charge on any atom is -0.303 e. The number of carbonyl (C=O) groups excluding carboxylic acids is 3. The minimum absolute atomic E-state index is 0.0447. The van der Waals surface area contributed by atoms with E-state index in [2.05, 4.69) is 10.0 Å². The second kappa shape index (κ2) is 10.3. The number of rotatable bonds is 6. The molecule has 0 radical (unpaired) electrons. The maximum atomic E-state index is 13.6. The lowest BCUT2D eigenvalue weighted by atomic mass is 10.0. The van der Waals surface area contributed by atoms with Gasteiger partial charge in [0.15, 0.2) is 0 Å². The Balaban J connectivity index is 1.56. The number of hydrogen-bond acceptors (Lipinski definition) is 6. The number of sulfonamides is 1. The molecule has 0 saturated carbocycles. The summed E-state index contributed by atoms with van der Waals surface area (Å²) in [5.41, 5.74) is 2.68. The van der Waals surface area contributed by atoms with Gasteiger partial charge in [0.05, 0.1) is 37.7 Å².